The van der Waals surface area contributed by atoms with Crippen LogP contribution in [0.15, 0.2) is 35.6 Å². The van der Waals surface area contributed by atoms with E-state index >= 15 is 0 Å². The lowest BCUT2D eigenvalue weighted by Crippen LogP contribution is -1.95. The number of halogens is 1. The Labute approximate surface area is 103 Å². The summed E-state index contributed by atoms with van der Waals surface area (Å²) in [6, 6.07) is 4.76. The Morgan fingerprint density at radius 1 is 1.29 bits per heavy atom. The predicted octanol–water partition coefficient (Wildman–Crippen LogP) is 2.80. The first kappa shape index (κ1) is 11.9. The molecule has 0 atom stereocenters. The third kappa shape index (κ3) is 2.94. The third-order valence-corrected chi connectivity index (χ3v) is 3.41. The van der Waals surface area contributed by atoms with Crippen LogP contribution in [0.1, 0.15) is 11.1 Å². The lowest BCUT2D eigenvalue weighted by atomic mass is 10.1. The first-order valence-electron chi connectivity index (χ1n) is 5.11. The van der Waals surface area contributed by atoms with E-state index in [0.29, 0.717) is 16.6 Å². The molecule has 2 N–H and O–H groups in total. The second kappa shape index (κ2) is 5.14. The Morgan fingerprint density at radius 3 is 2.82 bits per heavy atom. The lowest BCUT2D eigenvalue weighted by Gasteiger charge is -2.06. The molecular formula is C12H12FN3S. The SMILES string of the molecule is Cc1ccc(F)cc1CSc1nccnc1N. The number of thioether (sulfide) groups is 1. The molecule has 1 aromatic carbocycles. The molecule has 0 saturated heterocycles. The summed E-state index contributed by atoms with van der Waals surface area (Å²) in [4.78, 5) is 8.08. The topological polar surface area (TPSA) is 51.8 Å². The maximum absolute atomic E-state index is 13.1. The summed E-state index contributed by atoms with van der Waals surface area (Å²) in [6.07, 6.45) is 3.14. The fraction of sp³-hybridized carbons (Fsp3) is 0.167. The molecule has 0 bridgehead atoms. The summed E-state index contributed by atoms with van der Waals surface area (Å²) >= 11 is 1.46. The fourth-order valence-corrected chi connectivity index (χ4v) is 2.33. The number of nitrogen functional groups attached to an aromatic ring is 1. The molecule has 17 heavy (non-hydrogen) atoms. The molecule has 2 aromatic rings. The van der Waals surface area contributed by atoms with Gasteiger partial charge in [-0.15, -0.1) is 0 Å². The van der Waals surface area contributed by atoms with Gasteiger partial charge in [0.1, 0.15) is 10.8 Å². The van der Waals surface area contributed by atoms with Crippen LogP contribution < -0.4 is 5.73 Å². The molecule has 0 spiro atoms. The van der Waals surface area contributed by atoms with Crippen molar-refractivity contribution < 1.29 is 4.39 Å². The Bertz CT molecular complexity index is 531. The van der Waals surface area contributed by atoms with E-state index in [1.807, 2.05) is 6.92 Å². The summed E-state index contributed by atoms with van der Waals surface area (Å²) in [5, 5.41) is 0.677. The molecule has 0 radical (unpaired) electrons. The van der Waals surface area contributed by atoms with E-state index in [1.165, 1.54) is 23.9 Å². The van der Waals surface area contributed by atoms with Crippen molar-refractivity contribution in [3.05, 3.63) is 47.5 Å². The zero-order valence-electron chi connectivity index (χ0n) is 9.35. The zero-order chi connectivity index (χ0) is 12.3. The van der Waals surface area contributed by atoms with Gasteiger partial charge in [-0.05, 0) is 30.2 Å². The lowest BCUT2D eigenvalue weighted by molar-refractivity contribution is 0.626. The van der Waals surface area contributed by atoms with Gasteiger partial charge in [0.15, 0.2) is 5.82 Å². The van der Waals surface area contributed by atoms with Crippen molar-refractivity contribution in [2.75, 3.05) is 5.73 Å². The fourth-order valence-electron chi connectivity index (χ4n) is 1.39. The van der Waals surface area contributed by atoms with Gasteiger partial charge >= 0.3 is 0 Å². The number of rotatable bonds is 3. The molecule has 0 amide bonds. The van der Waals surface area contributed by atoms with Gasteiger partial charge in [0.25, 0.3) is 0 Å². The minimum Gasteiger partial charge on any atom is -0.381 e. The van der Waals surface area contributed by atoms with Crippen molar-refractivity contribution in [1.82, 2.24) is 9.97 Å². The Morgan fingerprint density at radius 2 is 2.06 bits per heavy atom. The van der Waals surface area contributed by atoms with Gasteiger partial charge in [-0.2, -0.15) is 0 Å². The minimum atomic E-state index is -0.224. The average molecular weight is 249 g/mol. The van der Waals surface area contributed by atoms with E-state index in [-0.39, 0.29) is 5.82 Å². The van der Waals surface area contributed by atoms with E-state index in [2.05, 4.69) is 9.97 Å². The van der Waals surface area contributed by atoms with Crippen LogP contribution in [0.4, 0.5) is 10.2 Å². The molecule has 0 aliphatic carbocycles. The number of hydrogen-bond donors (Lipinski definition) is 1. The third-order valence-electron chi connectivity index (χ3n) is 2.37. The van der Waals surface area contributed by atoms with Crippen molar-refractivity contribution in [1.29, 1.82) is 0 Å². The zero-order valence-corrected chi connectivity index (χ0v) is 10.2. The molecule has 1 aromatic heterocycles. The first-order chi connectivity index (χ1) is 8.16. The molecule has 0 saturated carbocycles. The van der Waals surface area contributed by atoms with Crippen LogP contribution >= 0.6 is 11.8 Å². The van der Waals surface area contributed by atoms with Crippen LogP contribution in [0.3, 0.4) is 0 Å². The molecule has 3 nitrogen and oxygen atoms in total. The van der Waals surface area contributed by atoms with Crippen molar-refractivity contribution in [3.8, 4) is 0 Å². The van der Waals surface area contributed by atoms with Crippen LogP contribution in [-0.4, -0.2) is 9.97 Å². The van der Waals surface area contributed by atoms with Crippen LogP contribution in [0.2, 0.25) is 0 Å². The number of benzene rings is 1. The summed E-state index contributed by atoms with van der Waals surface area (Å²) in [6.45, 7) is 1.95. The Balaban J connectivity index is 2.12. The maximum Gasteiger partial charge on any atom is 0.156 e. The van der Waals surface area contributed by atoms with Crippen molar-refractivity contribution in [3.63, 3.8) is 0 Å². The number of aromatic nitrogens is 2. The largest absolute Gasteiger partial charge is 0.381 e. The van der Waals surface area contributed by atoms with E-state index in [4.69, 9.17) is 5.73 Å². The van der Waals surface area contributed by atoms with Gasteiger partial charge in [-0.1, -0.05) is 17.8 Å². The van der Waals surface area contributed by atoms with Gasteiger partial charge in [-0.25, -0.2) is 14.4 Å². The highest BCUT2D eigenvalue weighted by atomic mass is 32.2. The van der Waals surface area contributed by atoms with Gasteiger partial charge in [-0.3, -0.25) is 0 Å². The second-order valence-electron chi connectivity index (χ2n) is 3.61. The smallest absolute Gasteiger partial charge is 0.156 e. The van der Waals surface area contributed by atoms with Crippen LogP contribution in [0.5, 0.6) is 0 Å². The highest BCUT2D eigenvalue weighted by Gasteiger charge is 2.05. The Hall–Kier alpha value is -1.62. The molecule has 2 rings (SSSR count). The number of anilines is 1. The number of nitrogens with two attached hydrogens (primary N) is 1. The highest BCUT2D eigenvalue weighted by Crippen LogP contribution is 2.25. The monoisotopic (exact) mass is 249 g/mol. The van der Waals surface area contributed by atoms with Crippen molar-refractivity contribution in [2.24, 2.45) is 0 Å². The molecule has 0 aliphatic heterocycles. The summed E-state index contributed by atoms with van der Waals surface area (Å²) in [5.41, 5.74) is 7.69. The van der Waals surface area contributed by atoms with E-state index in [0.717, 1.165) is 11.1 Å². The van der Waals surface area contributed by atoms with Gasteiger partial charge in [0.05, 0.1) is 0 Å². The quantitative estimate of drug-likeness (QED) is 0.850. The normalized spacial score (nSPS) is 10.5. The average Bonchev–Trinajstić information content (AvgIpc) is 2.32. The van der Waals surface area contributed by atoms with Gasteiger partial charge in [0.2, 0.25) is 0 Å². The Kier molecular flexibility index (Phi) is 3.58. The molecule has 0 fully saturated rings. The molecule has 0 aliphatic rings. The predicted molar refractivity (Wildman–Crippen MR) is 67.1 cm³/mol. The molecular weight excluding hydrogens is 237 g/mol. The molecule has 1 heterocycles. The van der Waals surface area contributed by atoms with Crippen molar-refractivity contribution in [2.45, 2.75) is 17.7 Å². The van der Waals surface area contributed by atoms with E-state index < -0.39 is 0 Å². The van der Waals surface area contributed by atoms with Crippen LogP contribution in [0.25, 0.3) is 0 Å². The van der Waals surface area contributed by atoms with Gasteiger partial charge < -0.3 is 5.73 Å². The molecule has 0 unspecified atom stereocenters. The number of nitrogens with zero attached hydrogens (tertiary/aromatic N) is 2. The molecule has 88 valence electrons. The van der Waals surface area contributed by atoms with Crippen LogP contribution in [-0.2, 0) is 5.75 Å². The van der Waals surface area contributed by atoms with E-state index in [1.54, 1.807) is 18.5 Å². The van der Waals surface area contributed by atoms with E-state index in [9.17, 15) is 4.39 Å². The summed E-state index contributed by atoms with van der Waals surface area (Å²) in [5.74, 6) is 0.817. The first-order valence-corrected chi connectivity index (χ1v) is 6.09. The minimum absolute atomic E-state index is 0.224. The summed E-state index contributed by atoms with van der Waals surface area (Å²) < 4.78 is 13.1. The maximum atomic E-state index is 13.1. The highest BCUT2D eigenvalue weighted by molar-refractivity contribution is 7.98. The summed E-state index contributed by atoms with van der Waals surface area (Å²) in [7, 11) is 0. The van der Waals surface area contributed by atoms with Crippen molar-refractivity contribution >= 4 is 17.6 Å². The standard InChI is InChI=1S/C12H12FN3S/c1-8-2-3-10(13)6-9(8)7-17-12-11(14)15-4-5-16-12/h2-6H,7H2,1H3,(H2,14,15). The van der Waals surface area contributed by atoms with Crippen LogP contribution in [0, 0.1) is 12.7 Å². The number of hydrogen-bond acceptors (Lipinski definition) is 4. The number of aryl methyl sites for hydroxylation is 1. The molecule has 5 heteroatoms. The second-order valence-corrected chi connectivity index (χ2v) is 4.57. The van der Waals surface area contributed by atoms with Gasteiger partial charge in [0, 0.05) is 18.1 Å².